The van der Waals surface area contributed by atoms with Crippen LogP contribution >= 0.6 is 0 Å². The van der Waals surface area contributed by atoms with E-state index in [0.717, 1.165) is 24.7 Å². The lowest BCUT2D eigenvalue weighted by Gasteiger charge is -2.32. The molecule has 0 N–H and O–H groups in total. The molecule has 0 aromatic carbocycles. The maximum absolute atomic E-state index is 8.36. The summed E-state index contributed by atoms with van der Waals surface area (Å²) in [6.07, 6.45) is 3.53. The molecule has 0 aromatic heterocycles. The fourth-order valence-corrected chi connectivity index (χ4v) is 2.80. The first-order valence-corrected chi connectivity index (χ1v) is 5.02. The highest BCUT2D eigenvalue weighted by atomic mass is 15.2. The van der Waals surface area contributed by atoms with Crippen molar-refractivity contribution in [1.29, 1.82) is 0 Å². The molecule has 0 bridgehead atoms. The predicted octanol–water partition coefficient (Wildman–Crippen LogP) is 2.03. The molecule has 0 unspecified atom stereocenters. The predicted molar refractivity (Wildman–Crippen MR) is 51.3 cm³/mol. The van der Waals surface area contributed by atoms with Gasteiger partial charge in [-0.25, -0.2) is 0 Å². The molecule has 0 radical (unpaired) electrons. The Hall–Kier alpha value is -0.730. The normalized spacial score (nSPS) is 39.6. The van der Waals surface area contributed by atoms with Gasteiger partial charge in [0.15, 0.2) is 0 Å². The van der Waals surface area contributed by atoms with Crippen molar-refractivity contribution in [2.24, 2.45) is 17.0 Å². The molecule has 1 heterocycles. The van der Waals surface area contributed by atoms with Gasteiger partial charge in [-0.3, -0.25) is 0 Å². The van der Waals surface area contributed by atoms with E-state index in [-0.39, 0.29) is 6.04 Å². The van der Waals surface area contributed by atoms with Crippen LogP contribution in [0.25, 0.3) is 10.4 Å². The Labute approximate surface area is 78.5 Å². The minimum atomic E-state index is 0.284. The number of hydrogen-bond donors (Lipinski definition) is 0. The summed E-state index contributed by atoms with van der Waals surface area (Å²) in [7, 11) is 2.18. The maximum atomic E-state index is 8.36. The molecule has 2 aliphatic rings. The first-order chi connectivity index (χ1) is 6.29. The van der Waals surface area contributed by atoms with Crippen LogP contribution in [-0.4, -0.2) is 31.1 Å². The van der Waals surface area contributed by atoms with Crippen molar-refractivity contribution >= 4 is 0 Å². The fourth-order valence-electron chi connectivity index (χ4n) is 2.80. The highest BCUT2D eigenvalue weighted by Crippen LogP contribution is 2.38. The number of piperidine rings is 1. The summed E-state index contributed by atoms with van der Waals surface area (Å²) in [5.74, 6) is 1.61. The van der Waals surface area contributed by atoms with Gasteiger partial charge in [0.1, 0.15) is 0 Å². The third-order valence-electron chi connectivity index (χ3n) is 3.46. The zero-order valence-electron chi connectivity index (χ0n) is 8.06. The second-order valence-corrected chi connectivity index (χ2v) is 4.40. The zero-order valence-corrected chi connectivity index (χ0v) is 8.06. The van der Waals surface area contributed by atoms with Gasteiger partial charge in [0, 0.05) is 17.5 Å². The lowest BCUT2D eigenvalue weighted by molar-refractivity contribution is 0.166. The van der Waals surface area contributed by atoms with Gasteiger partial charge in [-0.1, -0.05) is 5.11 Å². The molecular formula is C9H16N4. The van der Waals surface area contributed by atoms with E-state index in [4.69, 9.17) is 5.53 Å². The van der Waals surface area contributed by atoms with E-state index in [1.165, 1.54) is 19.5 Å². The van der Waals surface area contributed by atoms with E-state index in [1.54, 1.807) is 0 Å². The van der Waals surface area contributed by atoms with Gasteiger partial charge >= 0.3 is 0 Å². The van der Waals surface area contributed by atoms with Crippen molar-refractivity contribution in [3.05, 3.63) is 10.4 Å². The molecule has 0 aromatic rings. The molecule has 3 atom stereocenters. The molecule has 4 heteroatoms. The Balaban J connectivity index is 1.98. The standard InChI is InChI=1S/C9H16N4/c1-13-3-2-7-4-9(11-12-10)5-8(7)6-13/h7-9H,2-6H2,1H3/t7-,8-,9-/m1/s1. The molecule has 0 amide bonds. The van der Waals surface area contributed by atoms with Crippen LogP contribution in [0, 0.1) is 11.8 Å². The third kappa shape index (κ3) is 1.79. The molecular weight excluding hydrogens is 164 g/mol. The first kappa shape index (κ1) is 8.85. The number of azide groups is 1. The number of hydrogen-bond acceptors (Lipinski definition) is 2. The van der Waals surface area contributed by atoms with E-state index in [0.29, 0.717) is 0 Å². The van der Waals surface area contributed by atoms with Crippen molar-refractivity contribution in [1.82, 2.24) is 4.90 Å². The number of fused-ring (bicyclic) bond motifs is 1. The van der Waals surface area contributed by atoms with Gasteiger partial charge in [0.05, 0.1) is 0 Å². The summed E-state index contributed by atoms with van der Waals surface area (Å²) in [6.45, 7) is 2.41. The van der Waals surface area contributed by atoms with Gasteiger partial charge in [-0.2, -0.15) is 0 Å². The number of likely N-dealkylation sites (tertiary alicyclic amines) is 1. The SMILES string of the molecule is CN1CC[C@@H]2C[C@@H](N=[N+]=[N-])C[C@@H]2C1. The monoisotopic (exact) mass is 180 g/mol. The van der Waals surface area contributed by atoms with Crippen molar-refractivity contribution in [2.45, 2.75) is 25.3 Å². The molecule has 1 saturated carbocycles. The Kier molecular flexibility index (Phi) is 2.42. The summed E-state index contributed by atoms with van der Waals surface area (Å²) < 4.78 is 0. The largest absolute Gasteiger partial charge is 0.306 e. The molecule has 1 aliphatic carbocycles. The Morgan fingerprint density at radius 3 is 2.92 bits per heavy atom. The minimum absolute atomic E-state index is 0.284. The van der Waals surface area contributed by atoms with Crippen LogP contribution < -0.4 is 0 Å². The lowest BCUT2D eigenvalue weighted by atomic mass is 9.89. The maximum Gasteiger partial charge on any atom is 0.0380 e. The van der Waals surface area contributed by atoms with Crippen LogP contribution in [0.4, 0.5) is 0 Å². The van der Waals surface area contributed by atoms with E-state index < -0.39 is 0 Å². The average Bonchev–Trinajstić information content (AvgIpc) is 2.46. The fraction of sp³-hybridized carbons (Fsp3) is 1.00. The zero-order chi connectivity index (χ0) is 9.26. The van der Waals surface area contributed by atoms with Gasteiger partial charge in [-0.15, -0.1) is 0 Å². The van der Waals surface area contributed by atoms with Crippen LogP contribution in [0.5, 0.6) is 0 Å². The van der Waals surface area contributed by atoms with E-state index in [2.05, 4.69) is 22.0 Å². The molecule has 4 nitrogen and oxygen atoms in total. The Bertz CT molecular complexity index is 234. The quantitative estimate of drug-likeness (QED) is 0.346. The van der Waals surface area contributed by atoms with E-state index in [1.807, 2.05) is 0 Å². The van der Waals surface area contributed by atoms with Crippen LogP contribution in [0.1, 0.15) is 19.3 Å². The van der Waals surface area contributed by atoms with Crippen molar-refractivity contribution in [2.75, 3.05) is 20.1 Å². The van der Waals surface area contributed by atoms with Crippen LogP contribution in [-0.2, 0) is 0 Å². The van der Waals surface area contributed by atoms with Gasteiger partial charge < -0.3 is 4.90 Å². The summed E-state index contributed by atoms with van der Waals surface area (Å²) in [4.78, 5) is 5.29. The van der Waals surface area contributed by atoms with Crippen LogP contribution in [0.3, 0.4) is 0 Å². The van der Waals surface area contributed by atoms with Crippen LogP contribution in [0.15, 0.2) is 5.11 Å². The highest BCUT2D eigenvalue weighted by Gasteiger charge is 2.36. The molecule has 2 rings (SSSR count). The summed E-state index contributed by atoms with van der Waals surface area (Å²) >= 11 is 0. The summed E-state index contributed by atoms with van der Waals surface area (Å²) in [5.41, 5.74) is 8.36. The molecule has 13 heavy (non-hydrogen) atoms. The summed E-state index contributed by atoms with van der Waals surface area (Å²) in [5, 5.41) is 3.83. The topological polar surface area (TPSA) is 52.0 Å². The van der Waals surface area contributed by atoms with Gasteiger partial charge in [0.25, 0.3) is 0 Å². The molecule has 2 fully saturated rings. The molecule has 1 aliphatic heterocycles. The van der Waals surface area contributed by atoms with Crippen molar-refractivity contribution < 1.29 is 0 Å². The third-order valence-corrected chi connectivity index (χ3v) is 3.46. The van der Waals surface area contributed by atoms with Crippen LogP contribution in [0.2, 0.25) is 0 Å². The highest BCUT2D eigenvalue weighted by molar-refractivity contribution is 4.91. The summed E-state index contributed by atoms with van der Waals surface area (Å²) in [6, 6.07) is 0.284. The number of nitrogens with zero attached hydrogens (tertiary/aromatic N) is 4. The van der Waals surface area contributed by atoms with Crippen molar-refractivity contribution in [3.63, 3.8) is 0 Å². The Morgan fingerprint density at radius 1 is 1.38 bits per heavy atom. The van der Waals surface area contributed by atoms with E-state index in [9.17, 15) is 0 Å². The number of rotatable bonds is 1. The average molecular weight is 180 g/mol. The lowest BCUT2D eigenvalue weighted by Crippen LogP contribution is -2.35. The van der Waals surface area contributed by atoms with Gasteiger partial charge in [-0.05, 0) is 50.2 Å². The minimum Gasteiger partial charge on any atom is -0.306 e. The van der Waals surface area contributed by atoms with Crippen molar-refractivity contribution in [3.8, 4) is 0 Å². The second-order valence-electron chi connectivity index (χ2n) is 4.40. The Morgan fingerprint density at radius 2 is 2.15 bits per heavy atom. The smallest absolute Gasteiger partial charge is 0.0380 e. The first-order valence-electron chi connectivity index (χ1n) is 5.02. The molecule has 1 saturated heterocycles. The van der Waals surface area contributed by atoms with E-state index >= 15 is 0 Å². The second kappa shape index (κ2) is 3.56. The van der Waals surface area contributed by atoms with Gasteiger partial charge in [0.2, 0.25) is 0 Å². The molecule has 72 valence electrons. The molecule has 0 spiro atoms.